The fraction of sp³-hybridized carbons (Fsp3) is 0.372. The molecular weight excluding hydrogens is 1860 g/mol. The van der Waals surface area contributed by atoms with E-state index in [9.17, 15) is 66.8 Å². The molecule has 3 aliphatic heterocycles. The fourth-order valence-corrected chi connectivity index (χ4v) is 18.9. The third kappa shape index (κ3) is 25.6. The Kier molecular flexibility index (Phi) is 37.0. The summed E-state index contributed by atoms with van der Waals surface area (Å²) in [6.07, 6.45) is 8.19. The highest BCUT2D eigenvalue weighted by atomic mass is 35.5. The van der Waals surface area contributed by atoms with Gasteiger partial charge < -0.3 is 55.2 Å². The van der Waals surface area contributed by atoms with Crippen molar-refractivity contribution in [2.75, 3.05) is 59.1 Å². The number of hydrogen-bond acceptors (Lipinski definition) is 15. The number of fused-ring (bicyclic) bond motifs is 3. The highest BCUT2D eigenvalue weighted by Gasteiger charge is 2.38. The number of aromatic nitrogens is 6. The number of amides is 7. The van der Waals surface area contributed by atoms with Crippen LogP contribution >= 0.6 is 23.2 Å². The first-order valence-corrected chi connectivity index (χ1v) is 50.4. The molecule has 0 aliphatic carbocycles. The van der Waals surface area contributed by atoms with Crippen LogP contribution in [0.1, 0.15) is 266 Å². The summed E-state index contributed by atoms with van der Waals surface area (Å²) in [5.74, 6) is -2.45. The van der Waals surface area contributed by atoms with Crippen LogP contribution in [-0.2, 0) is 38.9 Å². The standard InChI is InChI=1S/C39H45ClN4O4.C37H42ClN5O4.C37H41F3N4O4/c1-5-8-18-42(19-9-6-2)39(48)35-20-26(4)44(41-35)36-17-15-29(28-14-16-34(40)32(22-28)37(46)7-3)23-33(36)38(47)43-24-30-13-11-10-12-27(30)21-31(43)25-45;1-4-6-16-41(17-7-5-2)37(47)33-18-24(3)43(40-33)34-15-13-27(26-12-14-32(38)30(20-26)35(39)45)21-31(34)36(46)42-22-28-11-9-8-10-25(28)19-29(42)23-44;1-4-6-17-42(18-7-5-2)36(47)33-19-25(3)44(41-33)34-16-15-28(27-13-10-14-31(21-27)48-37(38,39)40)22-32(34)35(46)43-23-29-12-9-8-11-26(29)20-30(43)24-45/h10-17,20,22-23,31,45H,5-9,18-19,21,24-25H2,1-4H3;8-15,18,20-21,29,44H,4-7,16-17,19,22-23H2,1-3H3,(H2,39,45);8-16,19,21-22,30,45H,4-7,17-18,20,23-24H2,1-3H3/t31-;29-;30-/m000/s1. The highest BCUT2D eigenvalue weighted by Crippen LogP contribution is 2.39. The Morgan fingerprint density at radius 1 is 0.371 bits per heavy atom. The third-order valence-corrected chi connectivity index (χ3v) is 27.3. The van der Waals surface area contributed by atoms with Crippen LogP contribution in [-0.4, -0.2) is 205 Å². The molecule has 0 unspecified atom stereocenters. The molecule has 0 radical (unpaired) electrons. The summed E-state index contributed by atoms with van der Waals surface area (Å²) in [7, 11) is 0. The van der Waals surface area contributed by atoms with Gasteiger partial charge in [-0.2, -0.15) is 15.3 Å². The Morgan fingerprint density at radius 3 is 0.937 bits per heavy atom. The Balaban J connectivity index is 0.000000180. The number of aryl methyl sites for hydroxylation is 3. The van der Waals surface area contributed by atoms with Crippen LogP contribution in [0.15, 0.2) is 206 Å². The van der Waals surface area contributed by atoms with Crippen molar-refractivity contribution in [1.29, 1.82) is 0 Å². The number of primary amides is 1. The number of nitrogens with two attached hydrogens (primary N) is 1. The molecule has 25 nitrogen and oxygen atoms in total. The van der Waals surface area contributed by atoms with Crippen molar-refractivity contribution < 1.29 is 71.6 Å². The second kappa shape index (κ2) is 49.5. The zero-order valence-electron chi connectivity index (χ0n) is 83.0. The number of hydrogen-bond donors (Lipinski definition) is 4. The number of alkyl halides is 3. The van der Waals surface area contributed by atoms with Gasteiger partial charge in [0.2, 0.25) is 5.91 Å². The predicted octanol–water partition coefficient (Wildman–Crippen LogP) is 21.2. The average molecular weight is 1990 g/mol. The zero-order chi connectivity index (χ0) is 102. The highest BCUT2D eigenvalue weighted by molar-refractivity contribution is 6.34. The van der Waals surface area contributed by atoms with Crippen molar-refractivity contribution in [2.45, 2.75) is 216 Å². The molecule has 0 saturated heterocycles. The molecule has 0 saturated carbocycles. The molecule has 30 heteroatoms. The number of Topliss-reactive ketones (excluding diaryl/α,β-unsaturated/α-hetero) is 1. The summed E-state index contributed by atoms with van der Waals surface area (Å²) in [6, 6.07) is 59.4. The van der Waals surface area contributed by atoms with Crippen molar-refractivity contribution in [1.82, 2.24) is 58.7 Å². The Labute approximate surface area is 844 Å². The van der Waals surface area contributed by atoms with Crippen LogP contribution in [0.5, 0.6) is 5.75 Å². The first kappa shape index (κ1) is 107. The molecule has 15 rings (SSSR count). The quantitative estimate of drug-likeness (QED) is 0.0263. The molecule has 752 valence electrons. The minimum atomic E-state index is -4.86. The van der Waals surface area contributed by atoms with Gasteiger partial charge in [-0.3, -0.25) is 38.4 Å². The van der Waals surface area contributed by atoms with Gasteiger partial charge in [0.1, 0.15) is 5.75 Å². The van der Waals surface area contributed by atoms with Crippen LogP contribution in [0.4, 0.5) is 13.2 Å². The van der Waals surface area contributed by atoms with Gasteiger partial charge in [-0.1, -0.05) is 225 Å². The molecule has 12 aromatic rings. The maximum absolute atomic E-state index is 14.7. The van der Waals surface area contributed by atoms with Crippen LogP contribution in [0, 0.1) is 20.8 Å². The lowest BCUT2D eigenvalue weighted by Crippen LogP contribution is -2.46. The second-order valence-corrected chi connectivity index (χ2v) is 37.6. The molecule has 3 aliphatic rings. The minimum Gasteiger partial charge on any atom is -0.406 e. The summed E-state index contributed by atoms with van der Waals surface area (Å²) < 4.78 is 48.0. The van der Waals surface area contributed by atoms with Crippen molar-refractivity contribution in [3.8, 4) is 56.2 Å². The number of aliphatic hydroxyl groups is 3. The largest absolute Gasteiger partial charge is 0.573 e. The number of benzene rings is 9. The monoisotopic (exact) mass is 1990 g/mol. The molecule has 0 spiro atoms. The van der Waals surface area contributed by atoms with Crippen molar-refractivity contribution in [3.63, 3.8) is 0 Å². The Bertz CT molecular complexity index is 6540. The molecule has 0 fully saturated rings. The van der Waals surface area contributed by atoms with Crippen LogP contribution < -0.4 is 10.5 Å². The normalized spacial score (nSPS) is 14.3. The van der Waals surface area contributed by atoms with E-state index < -0.39 is 30.4 Å². The molecule has 9 aromatic carbocycles. The lowest BCUT2D eigenvalue weighted by atomic mass is 9.93. The molecule has 5 N–H and O–H groups in total. The SMILES string of the molecule is CCCCN(CCCC)C(=O)c1cc(C)n(-c2ccc(-c3ccc(Cl)c(C(=O)CC)c3)cc2C(=O)N2Cc3ccccc3C[C@H]2CO)n1.CCCCN(CCCC)C(=O)c1cc(C)n(-c2ccc(-c3ccc(Cl)c(C(N)=O)c3)cc2C(=O)N2Cc3ccccc3C[C@H]2CO)n1.CCCCN(CCCC)C(=O)c1cc(C)n(-c2ccc(-c3cccc(OC(F)(F)F)c3)cc2C(=O)N2Cc3ccccc3C[C@H]2CO)n1. The van der Waals surface area contributed by atoms with Crippen molar-refractivity contribution in [2.24, 2.45) is 5.73 Å². The summed E-state index contributed by atoms with van der Waals surface area (Å²) >= 11 is 12.6. The molecule has 0 bridgehead atoms. The Morgan fingerprint density at radius 2 is 0.650 bits per heavy atom. The van der Waals surface area contributed by atoms with Gasteiger partial charge in [0, 0.05) is 88.0 Å². The van der Waals surface area contributed by atoms with Crippen molar-refractivity contribution >= 4 is 70.3 Å². The van der Waals surface area contributed by atoms with Gasteiger partial charge in [0.15, 0.2) is 22.9 Å². The maximum atomic E-state index is 14.7. The molecule has 6 heterocycles. The van der Waals surface area contributed by atoms with Gasteiger partial charge in [-0.25, -0.2) is 14.0 Å². The Hall–Kier alpha value is -13.4. The van der Waals surface area contributed by atoms with Gasteiger partial charge >= 0.3 is 6.36 Å². The maximum Gasteiger partial charge on any atom is 0.573 e. The zero-order valence-corrected chi connectivity index (χ0v) is 84.5. The van der Waals surface area contributed by atoms with E-state index in [0.29, 0.717) is 162 Å². The first-order chi connectivity index (χ1) is 68.9. The second-order valence-electron chi connectivity index (χ2n) is 36.8. The van der Waals surface area contributed by atoms with Crippen LogP contribution in [0.2, 0.25) is 10.0 Å². The first-order valence-electron chi connectivity index (χ1n) is 49.6. The average Bonchev–Trinajstić information content (AvgIpc) is 1.74. The summed E-state index contributed by atoms with van der Waals surface area (Å²) in [5.41, 5.74) is 21.5. The number of ether oxygens (including phenoxy) is 1. The van der Waals surface area contributed by atoms with E-state index in [2.05, 4.69) is 46.3 Å². The van der Waals surface area contributed by atoms with Gasteiger partial charge in [-0.05, 0) is 236 Å². The third-order valence-electron chi connectivity index (χ3n) is 26.6. The number of nitrogens with zero attached hydrogens (tertiary/aromatic N) is 12. The summed E-state index contributed by atoms with van der Waals surface area (Å²) in [4.78, 5) is 120. The van der Waals surface area contributed by atoms with E-state index in [4.69, 9.17) is 44.2 Å². The molecule has 3 atom stereocenters. The van der Waals surface area contributed by atoms with E-state index in [1.165, 1.54) is 18.2 Å². The smallest absolute Gasteiger partial charge is 0.406 e. The minimum absolute atomic E-state index is 0.0659. The lowest BCUT2D eigenvalue weighted by Gasteiger charge is -2.36. The number of carbonyl (C=O) groups excluding carboxylic acids is 8. The van der Waals surface area contributed by atoms with E-state index in [1.807, 2.05) is 132 Å². The number of ketones is 1. The fourth-order valence-electron chi connectivity index (χ4n) is 18.5. The molecule has 3 aromatic heterocycles. The number of rotatable bonds is 37. The van der Waals surface area contributed by atoms with Crippen LogP contribution in [0.3, 0.4) is 0 Å². The number of carbonyl (C=O) groups is 8. The lowest BCUT2D eigenvalue weighted by molar-refractivity contribution is -0.274. The van der Waals surface area contributed by atoms with Crippen LogP contribution in [0.25, 0.3) is 50.4 Å². The molecular formula is C113H128Cl2F3N13O12. The molecule has 143 heavy (non-hydrogen) atoms. The number of aliphatic hydroxyl groups excluding tert-OH is 3. The van der Waals surface area contributed by atoms with Gasteiger partial charge in [-0.15, -0.1) is 13.2 Å². The molecule has 7 amide bonds. The van der Waals surface area contributed by atoms with E-state index in [1.54, 1.807) is 128 Å². The van der Waals surface area contributed by atoms with E-state index in [0.717, 1.165) is 127 Å². The summed E-state index contributed by atoms with van der Waals surface area (Å²) in [6.45, 7) is 24.1. The summed E-state index contributed by atoms with van der Waals surface area (Å²) in [5, 5.41) is 46.0. The topological polar surface area (TPSA) is 305 Å². The van der Waals surface area contributed by atoms with Gasteiger partial charge in [0.25, 0.3) is 35.4 Å². The number of halogens is 5. The van der Waals surface area contributed by atoms with Gasteiger partial charge in [0.05, 0.1) is 87.3 Å². The number of unbranched alkanes of at least 4 members (excludes halogenated alkanes) is 6. The van der Waals surface area contributed by atoms with E-state index in [-0.39, 0.29) is 95.2 Å². The van der Waals surface area contributed by atoms with E-state index >= 15 is 0 Å². The predicted molar refractivity (Wildman–Crippen MR) is 551 cm³/mol. The van der Waals surface area contributed by atoms with Crippen molar-refractivity contribution in [3.05, 3.63) is 312 Å².